The minimum absolute atomic E-state index is 0.0971. The minimum atomic E-state index is -0.373. The third-order valence-electron chi connectivity index (χ3n) is 7.42. The molecule has 0 radical (unpaired) electrons. The van der Waals surface area contributed by atoms with Crippen molar-refractivity contribution in [1.29, 1.82) is 0 Å². The van der Waals surface area contributed by atoms with E-state index in [1.54, 1.807) is 33.6 Å². The first-order valence-electron chi connectivity index (χ1n) is 14.2. The number of methoxy groups -OCH3 is 3. The molecule has 4 bridgehead atoms. The third-order valence-corrected chi connectivity index (χ3v) is 7.42. The molecule has 3 aromatic rings. The first-order chi connectivity index (χ1) is 20.9. The molecule has 2 amide bonds. The van der Waals surface area contributed by atoms with Gasteiger partial charge in [-0.25, -0.2) is 4.98 Å². The number of nitrogens with one attached hydrogen (secondary N) is 1. The van der Waals surface area contributed by atoms with Crippen LogP contribution < -0.4 is 24.4 Å². The van der Waals surface area contributed by atoms with Crippen molar-refractivity contribution in [2.24, 2.45) is 0 Å². The van der Waals surface area contributed by atoms with Gasteiger partial charge < -0.3 is 38.8 Å². The number of aromatic nitrogens is 2. The Morgan fingerprint density at radius 1 is 1.00 bits per heavy atom. The molecule has 0 saturated carbocycles. The lowest BCUT2D eigenvalue weighted by Crippen LogP contribution is -2.49. The molecule has 5 rings (SSSR count). The smallest absolute Gasteiger partial charge is 0.239 e. The molecule has 43 heavy (non-hydrogen) atoms. The Hall–Kier alpha value is -4.42. The summed E-state index contributed by atoms with van der Waals surface area (Å²) >= 11 is 0. The summed E-state index contributed by atoms with van der Waals surface area (Å²) in [5.74, 6) is 2.25. The van der Waals surface area contributed by atoms with Gasteiger partial charge in [-0.15, -0.1) is 0 Å². The number of amides is 2. The molecule has 1 N–H and O–H groups in total. The van der Waals surface area contributed by atoms with Crippen molar-refractivity contribution in [2.75, 3.05) is 59.0 Å². The Morgan fingerprint density at radius 3 is 2.70 bits per heavy atom. The zero-order valence-electron chi connectivity index (χ0n) is 24.7. The second-order valence-electron chi connectivity index (χ2n) is 10.4. The van der Waals surface area contributed by atoms with E-state index in [1.165, 1.54) is 4.90 Å². The van der Waals surface area contributed by atoms with E-state index in [4.69, 9.17) is 23.7 Å². The highest BCUT2D eigenvalue weighted by Gasteiger charge is 2.36. The number of rotatable bonds is 6. The number of ether oxygens (including phenoxy) is 5. The fraction of sp³-hybridized carbons (Fsp3) is 0.419. The van der Waals surface area contributed by atoms with E-state index >= 15 is 0 Å². The van der Waals surface area contributed by atoms with Crippen LogP contribution in [0.4, 0.5) is 5.95 Å². The molecule has 12 heteroatoms. The van der Waals surface area contributed by atoms with Gasteiger partial charge in [0.25, 0.3) is 0 Å². The van der Waals surface area contributed by atoms with Crippen LogP contribution in [0.3, 0.4) is 0 Å². The maximum atomic E-state index is 13.3. The molecule has 1 saturated heterocycles. The summed E-state index contributed by atoms with van der Waals surface area (Å²) in [5, 5.41) is 3.10. The van der Waals surface area contributed by atoms with Crippen molar-refractivity contribution in [3.8, 4) is 23.1 Å². The van der Waals surface area contributed by atoms with E-state index in [9.17, 15) is 9.59 Å². The van der Waals surface area contributed by atoms with Gasteiger partial charge in [-0.2, -0.15) is 4.98 Å². The normalized spacial score (nSPS) is 19.5. The lowest BCUT2D eigenvalue weighted by Gasteiger charge is -2.25. The van der Waals surface area contributed by atoms with E-state index in [-0.39, 0.29) is 43.5 Å². The number of benzene rings is 2. The van der Waals surface area contributed by atoms with Gasteiger partial charge in [-0.05, 0) is 41.8 Å². The molecule has 0 aliphatic carbocycles. The van der Waals surface area contributed by atoms with Crippen molar-refractivity contribution in [1.82, 2.24) is 20.2 Å². The molecule has 2 aliphatic rings. The number of anilines is 1. The quantitative estimate of drug-likeness (QED) is 0.457. The van der Waals surface area contributed by atoms with Gasteiger partial charge in [0, 0.05) is 45.4 Å². The number of hydrogen-bond acceptors (Lipinski definition) is 10. The van der Waals surface area contributed by atoms with Crippen LogP contribution in [0.15, 0.2) is 54.7 Å². The van der Waals surface area contributed by atoms with Gasteiger partial charge in [-0.1, -0.05) is 18.2 Å². The fourth-order valence-electron chi connectivity index (χ4n) is 5.16. The number of nitrogens with zero attached hydrogens (tertiary/aromatic N) is 4. The standard InChI is InChI=1S/C31H37N5O7/c1-39-14-13-35-19-28(37)33-24-17-36(31-32-12-11-29(34-31)41-3)18-27(24)42-20-22-5-4-6-23(15-22)43-26-16-21(8-10-30(35)38)7-9-25(26)40-2/h4-7,9,11-12,15-16,24,27H,8,10,13-14,17-20H2,1-3H3,(H,33,37)/t24-,27-/m0/s1. The molecule has 2 aliphatic heterocycles. The van der Waals surface area contributed by atoms with Crippen molar-refractivity contribution >= 4 is 17.8 Å². The lowest BCUT2D eigenvalue weighted by molar-refractivity contribution is -0.137. The highest BCUT2D eigenvalue weighted by Crippen LogP contribution is 2.33. The van der Waals surface area contributed by atoms with Gasteiger partial charge in [0.2, 0.25) is 23.6 Å². The van der Waals surface area contributed by atoms with Crippen LogP contribution in [0.2, 0.25) is 0 Å². The molecule has 0 spiro atoms. The van der Waals surface area contributed by atoms with Gasteiger partial charge in [0.1, 0.15) is 5.75 Å². The number of aryl methyl sites for hydroxylation is 1. The van der Waals surface area contributed by atoms with Crippen molar-refractivity contribution < 1.29 is 33.3 Å². The summed E-state index contributed by atoms with van der Waals surface area (Å²) in [4.78, 5) is 39.0. The molecule has 1 aromatic heterocycles. The average Bonchev–Trinajstić information content (AvgIpc) is 3.43. The Morgan fingerprint density at radius 2 is 1.88 bits per heavy atom. The maximum absolute atomic E-state index is 13.3. The van der Waals surface area contributed by atoms with E-state index in [0.717, 1.165) is 11.1 Å². The van der Waals surface area contributed by atoms with Crippen LogP contribution in [-0.4, -0.2) is 92.9 Å². The van der Waals surface area contributed by atoms with E-state index < -0.39 is 0 Å². The van der Waals surface area contributed by atoms with Crippen LogP contribution in [0.1, 0.15) is 17.5 Å². The summed E-state index contributed by atoms with van der Waals surface area (Å²) in [6.45, 7) is 1.67. The minimum Gasteiger partial charge on any atom is -0.493 e. The lowest BCUT2D eigenvalue weighted by atomic mass is 10.1. The maximum Gasteiger partial charge on any atom is 0.239 e. The third kappa shape index (κ3) is 7.70. The van der Waals surface area contributed by atoms with Crippen molar-refractivity contribution in [2.45, 2.75) is 31.6 Å². The Labute approximate surface area is 250 Å². The van der Waals surface area contributed by atoms with Crippen LogP contribution in [0.5, 0.6) is 23.1 Å². The van der Waals surface area contributed by atoms with Gasteiger partial charge in [0.15, 0.2) is 11.5 Å². The van der Waals surface area contributed by atoms with Crippen molar-refractivity contribution in [3.05, 3.63) is 65.9 Å². The van der Waals surface area contributed by atoms with Crippen LogP contribution in [0, 0.1) is 0 Å². The van der Waals surface area contributed by atoms with Gasteiger partial charge in [0.05, 0.1) is 46.1 Å². The Kier molecular flexibility index (Phi) is 9.90. The topological polar surface area (TPSA) is 125 Å². The van der Waals surface area contributed by atoms with E-state index in [0.29, 0.717) is 61.7 Å². The predicted molar refractivity (Wildman–Crippen MR) is 158 cm³/mol. The summed E-state index contributed by atoms with van der Waals surface area (Å²) in [6, 6.07) is 14.6. The SMILES string of the molecule is COCCN1CC(=O)N[C@H]2CN(c3nccc(OC)n3)C[C@@H]2OCc2cccc(c2)Oc2cc(ccc2OC)CCC1=O. The highest BCUT2D eigenvalue weighted by atomic mass is 16.5. The van der Waals surface area contributed by atoms with Crippen LogP contribution in [-0.2, 0) is 32.1 Å². The molecule has 2 aromatic carbocycles. The predicted octanol–water partition coefficient (Wildman–Crippen LogP) is 2.60. The Balaban J connectivity index is 1.43. The molecule has 3 heterocycles. The largest absolute Gasteiger partial charge is 0.493 e. The number of fused-ring (bicyclic) bond motifs is 5. The van der Waals surface area contributed by atoms with E-state index in [2.05, 4.69) is 15.3 Å². The first kappa shape index (κ1) is 30.1. The molecule has 12 nitrogen and oxygen atoms in total. The number of carbonyl (C=O) groups is 2. The molecular weight excluding hydrogens is 554 g/mol. The fourth-order valence-corrected chi connectivity index (χ4v) is 5.16. The highest BCUT2D eigenvalue weighted by molar-refractivity contribution is 5.85. The van der Waals surface area contributed by atoms with Gasteiger partial charge >= 0.3 is 0 Å². The zero-order chi connectivity index (χ0) is 30.2. The second-order valence-corrected chi connectivity index (χ2v) is 10.4. The van der Waals surface area contributed by atoms with E-state index in [1.807, 2.05) is 47.4 Å². The second kappa shape index (κ2) is 14.2. The average molecular weight is 592 g/mol. The van der Waals surface area contributed by atoms with Crippen molar-refractivity contribution in [3.63, 3.8) is 0 Å². The zero-order valence-corrected chi connectivity index (χ0v) is 24.7. The molecule has 228 valence electrons. The first-order valence-corrected chi connectivity index (χ1v) is 14.2. The van der Waals surface area contributed by atoms with Gasteiger partial charge in [-0.3, -0.25) is 9.59 Å². The molecule has 1 fully saturated rings. The summed E-state index contributed by atoms with van der Waals surface area (Å²) in [7, 11) is 4.70. The summed E-state index contributed by atoms with van der Waals surface area (Å²) in [5.41, 5.74) is 1.82. The number of hydrogen-bond donors (Lipinski definition) is 1. The molecular formula is C31H37N5O7. The molecule has 2 atom stereocenters. The Bertz CT molecular complexity index is 1420. The number of carbonyl (C=O) groups excluding carboxylic acids is 2. The monoisotopic (exact) mass is 591 g/mol. The summed E-state index contributed by atoms with van der Waals surface area (Å²) in [6.07, 6.45) is 1.94. The molecule has 0 unspecified atom stereocenters. The van der Waals surface area contributed by atoms with Crippen LogP contribution in [0.25, 0.3) is 0 Å². The van der Waals surface area contributed by atoms with Crippen LogP contribution >= 0.6 is 0 Å². The summed E-state index contributed by atoms with van der Waals surface area (Å²) < 4.78 is 28.6.